The first-order valence-corrected chi connectivity index (χ1v) is 10.7. The number of hydrogen-bond donors (Lipinski definition) is 3. The molecule has 1 aromatic rings. The van der Waals surface area contributed by atoms with Gasteiger partial charge < -0.3 is 20.7 Å². The van der Waals surface area contributed by atoms with Crippen LogP contribution in [0, 0.1) is 11.3 Å². The number of ether oxygens (including phenoxy) is 1. The van der Waals surface area contributed by atoms with Gasteiger partial charge in [-0.3, -0.25) is 9.59 Å². The predicted molar refractivity (Wildman–Crippen MR) is 114 cm³/mol. The molecule has 0 unspecified atom stereocenters. The quantitative estimate of drug-likeness (QED) is 0.601. The fraction of sp³-hybridized carbons (Fsp3) is 0.636. The number of halogens is 1. The molecule has 1 saturated heterocycles. The molecule has 3 N–H and O–H groups in total. The van der Waals surface area contributed by atoms with E-state index in [1.807, 2.05) is 24.3 Å². The number of fused-ring (bicyclic) bond motifs is 1. The smallest absolute Gasteiger partial charge is 0.258 e. The molecule has 2 saturated carbocycles. The van der Waals surface area contributed by atoms with Crippen molar-refractivity contribution in [3.05, 3.63) is 29.8 Å². The maximum atomic E-state index is 12.9. The number of amides is 2. The fourth-order valence-electron chi connectivity index (χ4n) is 4.59. The van der Waals surface area contributed by atoms with E-state index in [4.69, 9.17) is 4.74 Å². The lowest BCUT2D eigenvalue weighted by molar-refractivity contribution is -0.134. The van der Waals surface area contributed by atoms with E-state index in [9.17, 15) is 9.59 Å². The van der Waals surface area contributed by atoms with Crippen molar-refractivity contribution in [2.75, 3.05) is 26.2 Å². The predicted octanol–water partition coefficient (Wildman–Crippen LogP) is 2.20. The highest BCUT2D eigenvalue weighted by Crippen LogP contribution is 2.43. The Balaban J connectivity index is 0.00000240. The number of rotatable bonds is 8. The molecule has 1 heterocycles. The Bertz CT molecular complexity index is 708. The summed E-state index contributed by atoms with van der Waals surface area (Å²) in [4.78, 5) is 24.5. The van der Waals surface area contributed by atoms with Crippen molar-refractivity contribution < 1.29 is 14.3 Å². The van der Waals surface area contributed by atoms with Crippen LogP contribution in [0.3, 0.4) is 0 Å². The van der Waals surface area contributed by atoms with Crippen LogP contribution >= 0.6 is 12.4 Å². The lowest BCUT2D eigenvalue weighted by Crippen LogP contribution is -2.48. The van der Waals surface area contributed by atoms with E-state index in [1.54, 1.807) is 0 Å². The van der Waals surface area contributed by atoms with Crippen LogP contribution in [-0.2, 0) is 16.0 Å². The summed E-state index contributed by atoms with van der Waals surface area (Å²) in [5.41, 5.74) is 0.967. The van der Waals surface area contributed by atoms with Gasteiger partial charge in [-0.25, -0.2) is 0 Å². The maximum absolute atomic E-state index is 12.9. The van der Waals surface area contributed by atoms with Gasteiger partial charge in [-0.2, -0.15) is 0 Å². The fourth-order valence-corrected chi connectivity index (χ4v) is 4.59. The molecule has 2 amide bonds. The second kappa shape index (κ2) is 9.81. The zero-order valence-corrected chi connectivity index (χ0v) is 17.7. The highest BCUT2D eigenvalue weighted by atomic mass is 35.5. The van der Waals surface area contributed by atoms with Crippen molar-refractivity contribution in [2.24, 2.45) is 11.3 Å². The normalized spacial score (nSPS) is 25.4. The molecular formula is C22H32ClN3O3. The molecule has 3 fully saturated rings. The van der Waals surface area contributed by atoms with Crippen molar-refractivity contribution in [1.82, 2.24) is 16.0 Å². The van der Waals surface area contributed by atoms with Crippen molar-refractivity contribution >= 4 is 24.2 Å². The van der Waals surface area contributed by atoms with E-state index in [2.05, 4.69) is 16.0 Å². The molecule has 29 heavy (non-hydrogen) atoms. The van der Waals surface area contributed by atoms with Crippen LogP contribution in [0.1, 0.15) is 44.1 Å². The first-order chi connectivity index (χ1) is 13.7. The molecule has 0 radical (unpaired) electrons. The molecule has 7 heteroatoms. The van der Waals surface area contributed by atoms with Gasteiger partial charge in [-0.1, -0.05) is 25.0 Å². The number of benzene rings is 1. The number of nitrogens with one attached hydrogen (secondary N) is 3. The van der Waals surface area contributed by atoms with E-state index in [0.717, 1.165) is 50.8 Å². The van der Waals surface area contributed by atoms with Gasteiger partial charge in [0.1, 0.15) is 5.75 Å². The van der Waals surface area contributed by atoms with Crippen LogP contribution in [0.2, 0.25) is 0 Å². The molecule has 0 aromatic heterocycles. The first-order valence-electron chi connectivity index (χ1n) is 10.7. The maximum Gasteiger partial charge on any atom is 0.258 e. The first kappa shape index (κ1) is 21.9. The van der Waals surface area contributed by atoms with E-state index >= 15 is 0 Å². The van der Waals surface area contributed by atoms with Gasteiger partial charge in [0.25, 0.3) is 5.91 Å². The number of hydrogen-bond acceptors (Lipinski definition) is 4. The highest BCUT2D eigenvalue weighted by molar-refractivity contribution is 5.85. The molecule has 1 aromatic carbocycles. The summed E-state index contributed by atoms with van der Waals surface area (Å²) < 4.78 is 5.53. The lowest BCUT2D eigenvalue weighted by Gasteiger charge is -2.37. The van der Waals surface area contributed by atoms with Crippen LogP contribution in [0.25, 0.3) is 0 Å². The van der Waals surface area contributed by atoms with Gasteiger partial charge in [0.15, 0.2) is 6.61 Å². The summed E-state index contributed by atoms with van der Waals surface area (Å²) in [6, 6.07) is 8.13. The highest BCUT2D eigenvalue weighted by Gasteiger charge is 2.49. The average molecular weight is 422 g/mol. The Kier molecular flexibility index (Phi) is 7.41. The summed E-state index contributed by atoms with van der Waals surface area (Å²) in [6.45, 7) is 2.51. The van der Waals surface area contributed by atoms with Gasteiger partial charge in [0.2, 0.25) is 5.91 Å². The Morgan fingerprint density at radius 1 is 1.14 bits per heavy atom. The third-order valence-electron chi connectivity index (χ3n) is 6.43. The van der Waals surface area contributed by atoms with Gasteiger partial charge in [0.05, 0.1) is 5.41 Å². The number of carbonyl (C=O) groups is 2. The minimum absolute atomic E-state index is 0. The Morgan fingerprint density at radius 2 is 1.93 bits per heavy atom. The van der Waals surface area contributed by atoms with E-state index in [-0.39, 0.29) is 36.2 Å². The van der Waals surface area contributed by atoms with Crippen LogP contribution in [0.5, 0.6) is 5.75 Å². The molecule has 3 aliphatic rings. The Hall–Kier alpha value is -1.79. The monoisotopic (exact) mass is 421 g/mol. The second-order valence-electron chi connectivity index (χ2n) is 8.51. The van der Waals surface area contributed by atoms with Crippen LogP contribution in [-0.4, -0.2) is 44.1 Å². The minimum atomic E-state index is -0.184. The van der Waals surface area contributed by atoms with Crippen LogP contribution in [0.15, 0.2) is 24.3 Å². The molecule has 2 atom stereocenters. The average Bonchev–Trinajstić information content (AvgIpc) is 3.41. The topological polar surface area (TPSA) is 79.5 Å². The van der Waals surface area contributed by atoms with E-state index < -0.39 is 0 Å². The molecule has 0 bridgehead atoms. The zero-order valence-electron chi connectivity index (χ0n) is 16.9. The second-order valence-corrected chi connectivity index (χ2v) is 8.51. The van der Waals surface area contributed by atoms with Gasteiger partial charge in [-0.15, -0.1) is 12.4 Å². The summed E-state index contributed by atoms with van der Waals surface area (Å²) in [5.74, 6) is 1.36. The van der Waals surface area contributed by atoms with Gasteiger partial charge in [-0.05, 0) is 62.3 Å². The molecule has 1 aliphatic heterocycles. The van der Waals surface area contributed by atoms with Crippen molar-refractivity contribution in [2.45, 2.75) is 51.0 Å². The van der Waals surface area contributed by atoms with E-state index in [0.29, 0.717) is 24.3 Å². The van der Waals surface area contributed by atoms with Crippen molar-refractivity contribution in [3.8, 4) is 5.75 Å². The SMILES string of the molecule is Cl.O=C(COc1ccc(CCNC(=O)[C@@]23CCCC[C@H]2CNC3)cc1)NC1CC1. The van der Waals surface area contributed by atoms with Gasteiger partial charge >= 0.3 is 0 Å². The zero-order chi connectivity index (χ0) is 19.4. The lowest BCUT2D eigenvalue weighted by atomic mass is 9.67. The number of carbonyl (C=O) groups excluding carboxylic acids is 2. The molecule has 2 aliphatic carbocycles. The van der Waals surface area contributed by atoms with Crippen LogP contribution in [0.4, 0.5) is 0 Å². The van der Waals surface area contributed by atoms with Crippen molar-refractivity contribution in [1.29, 1.82) is 0 Å². The summed E-state index contributed by atoms with van der Waals surface area (Å²) in [5, 5.41) is 9.52. The summed E-state index contributed by atoms with van der Waals surface area (Å²) in [6.07, 6.45) is 7.54. The largest absolute Gasteiger partial charge is 0.484 e. The Labute approximate surface area is 178 Å². The standard InChI is InChI=1S/C22H31N3O3.ClH/c26-20(25-18-6-7-18)14-28-19-8-4-16(5-9-19)10-12-24-21(27)22-11-2-1-3-17(22)13-23-15-22;/h4-5,8-9,17-18,23H,1-3,6-7,10-15H2,(H,24,27)(H,25,26);1H/t17-,22+;/m0./s1. The van der Waals surface area contributed by atoms with Crippen LogP contribution < -0.4 is 20.7 Å². The summed E-state index contributed by atoms with van der Waals surface area (Å²) in [7, 11) is 0. The molecule has 6 nitrogen and oxygen atoms in total. The van der Waals surface area contributed by atoms with Crippen molar-refractivity contribution in [3.63, 3.8) is 0 Å². The Morgan fingerprint density at radius 3 is 2.69 bits per heavy atom. The van der Waals surface area contributed by atoms with E-state index in [1.165, 1.54) is 12.8 Å². The third kappa shape index (κ3) is 5.43. The molecule has 160 valence electrons. The minimum Gasteiger partial charge on any atom is -0.484 e. The molecule has 4 rings (SSSR count). The summed E-state index contributed by atoms with van der Waals surface area (Å²) >= 11 is 0. The van der Waals surface area contributed by atoms with Gasteiger partial charge in [0, 0.05) is 19.1 Å². The molecular weight excluding hydrogens is 390 g/mol. The molecule has 0 spiro atoms. The third-order valence-corrected chi connectivity index (χ3v) is 6.43.